The van der Waals surface area contributed by atoms with E-state index in [1.54, 1.807) is 24.7 Å². The van der Waals surface area contributed by atoms with Crippen molar-refractivity contribution in [1.82, 2.24) is 25.3 Å². The van der Waals surface area contributed by atoms with Gasteiger partial charge in [-0.15, -0.1) is 0 Å². The van der Waals surface area contributed by atoms with Gasteiger partial charge in [-0.05, 0) is 25.0 Å². The summed E-state index contributed by atoms with van der Waals surface area (Å²) in [6, 6.07) is 3.19. The minimum atomic E-state index is -0.378. The molecule has 0 saturated carbocycles. The van der Waals surface area contributed by atoms with Crippen molar-refractivity contribution in [3.05, 3.63) is 35.7 Å². The monoisotopic (exact) mass is 372 g/mol. The molecule has 26 heavy (non-hydrogen) atoms. The Balaban J connectivity index is 1.92. The van der Waals surface area contributed by atoms with E-state index < -0.39 is 0 Å². The van der Waals surface area contributed by atoms with Gasteiger partial charge in [-0.2, -0.15) is 0 Å². The summed E-state index contributed by atoms with van der Waals surface area (Å²) in [4.78, 5) is 28.5. The van der Waals surface area contributed by atoms with Gasteiger partial charge in [0.15, 0.2) is 5.82 Å². The number of likely N-dealkylation sites (N-methyl/N-ethyl adjacent to an activating group) is 1. The molecule has 7 nitrogen and oxygen atoms in total. The molecule has 3 aromatic rings. The molecule has 1 amide bonds. The van der Waals surface area contributed by atoms with Crippen LogP contribution in [0.4, 0.5) is 5.82 Å². The van der Waals surface area contributed by atoms with Gasteiger partial charge in [-0.1, -0.05) is 25.4 Å². The van der Waals surface area contributed by atoms with Gasteiger partial charge in [-0.25, -0.2) is 15.0 Å². The summed E-state index contributed by atoms with van der Waals surface area (Å²) in [6.07, 6.45) is 5.05. The topological polar surface area (TPSA) is 95.6 Å². The van der Waals surface area contributed by atoms with Crippen LogP contribution in [0.5, 0.6) is 0 Å². The molecule has 0 aliphatic heterocycles. The van der Waals surface area contributed by atoms with E-state index in [9.17, 15) is 4.79 Å². The van der Waals surface area contributed by atoms with Crippen molar-refractivity contribution in [2.75, 3.05) is 11.9 Å². The molecule has 0 aromatic carbocycles. The van der Waals surface area contributed by atoms with Crippen molar-refractivity contribution in [2.45, 2.75) is 26.8 Å². The van der Waals surface area contributed by atoms with Crippen molar-refractivity contribution in [3.63, 3.8) is 0 Å². The molecule has 0 saturated heterocycles. The molecule has 136 valence electrons. The zero-order chi connectivity index (χ0) is 18.7. The van der Waals surface area contributed by atoms with E-state index in [0.29, 0.717) is 28.9 Å². The summed E-state index contributed by atoms with van der Waals surface area (Å²) in [6.45, 7) is 6.46. The normalized spacial score (nSPS) is 12.3. The zero-order valence-electron chi connectivity index (χ0n) is 14.9. The van der Waals surface area contributed by atoms with Crippen LogP contribution in [0.1, 0.15) is 20.8 Å². The average molecular weight is 373 g/mol. The predicted molar refractivity (Wildman–Crippen MR) is 103 cm³/mol. The van der Waals surface area contributed by atoms with Gasteiger partial charge in [0, 0.05) is 36.1 Å². The lowest BCUT2D eigenvalue weighted by molar-refractivity contribution is -0.122. The average Bonchev–Trinajstić information content (AvgIpc) is 3.03. The van der Waals surface area contributed by atoms with Crippen molar-refractivity contribution in [2.24, 2.45) is 5.92 Å². The van der Waals surface area contributed by atoms with Crippen LogP contribution in [-0.2, 0) is 4.79 Å². The molecule has 0 bridgehead atoms. The number of H-pyrrole nitrogens is 1. The van der Waals surface area contributed by atoms with Crippen molar-refractivity contribution in [3.8, 4) is 11.4 Å². The van der Waals surface area contributed by atoms with Crippen LogP contribution < -0.4 is 10.6 Å². The first-order valence-electron chi connectivity index (χ1n) is 8.50. The van der Waals surface area contributed by atoms with Crippen LogP contribution >= 0.6 is 11.6 Å². The van der Waals surface area contributed by atoms with Crippen molar-refractivity contribution >= 4 is 34.4 Å². The molecule has 3 aromatic heterocycles. The molecule has 0 aliphatic rings. The molecule has 3 N–H and O–H groups in total. The number of nitrogens with one attached hydrogen (secondary N) is 3. The Morgan fingerprint density at radius 3 is 2.88 bits per heavy atom. The molecule has 0 fully saturated rings. The minimum absolute atomic E-state index is 0.0502. The van der Waals surface area contributed by atoms with Crippen LogP contribution in [0.2, 0.25) is 5.02 Å². The maximum Gasteiger partial charge on any atom is 0.242 e. The molecule has 3 rings (SSSR count). The molecule has 0 radical (unpaired) electrons. The maximum atomic E-state index is 12.3. The number of hydrogen-bond acceptors (Lipinski definition) is 5. The highest BCUT2D eigenvalue weighted by Gasteiger charge is 2.22. The van der Waals surface area contributed by atoms with E-state index in [1.165, 1.54) is 0 Å². The Labute approximate surface area is 156 Å². The second-order valence-electron chi connectivity index (χ2n) is 6.28. The molecule has 0 aliphatic carbocycles. The number of halogens is 1. The third-order valence-corrected chi connectivity index (χ3v) is 4.20. The number of rotatable bonds is 6. The van der Waals surface area contributed by atoms with Crippen LogP contribution in [0, 0.1) is 5.92 Å². The lowest BCUT2D eigenvalue weighted by Gasteiger charge is -2.22. The number of fused-ring (bicyclic) bond motifs is 1. The second-order valence-corrected chi connectivity index (χ2v) is 6.71. The zero-order valence-corrected chi connectivity index (χ0v) is 15.6. The van der Waals surface area contributed by atoms with Gasteiger partial charge < -0.3 is 15.6 Å². The van der Waals surface area contributed by atoms with E-state index in [4.69, 9.17) is 11.6 Å². The lowest BCUT2D eigenvalue weighted by atomic mass is 10.0. The van der Waals surface area contributed by atoms with Crippen LogP contribution in [0.25, 0.3) is 22.4 Å². The number of pyridine rings is 1. The van der Waals surface area contributed by atoms with Crippen LogP contribution in [0.15, 0.2) is 30.7 Å². The highest BCUT2D eigenvalue weighted by Crippen LogP contribution is 2.27. The highest BCUT2D eigenvalue weighted by atomic mass is 35.5. The van der Waals surface area contributed by atoms with Gasteiger partial charge >= 0.3 is 0 Å². The number of anilines is 1. The van der Waals surface area contributed by atoms with Crippen molar-refractivity contribution < 1.29 is 4.79 Å². The summed E-state index contributed by atoms with van der Waals surface area (Å²) in [5.74, 6) is 1.18. The first-order valence-corrected chi connectivity index (χ1v) is 8.87. The standard InChI is InChI=1S/C18H21ClN6O/c1-4-20-18(26)15(10(2)3)24-14-5-6-21-17(25-14)13-9-23-16-12(13)7-11(19)8-22-16/h5-10,15H,4H2,1-3H3,(H,20,26)(H,22,23)(H,21,24,25)/t15-/m1/s1. The number of carbonyl (C=O) groups excluding carboxylic acids is 1. The summed E-state index contributed by atoms with van der Waals surface area (Å²) in [5, 5.41) is 7.45. The van der Waals surface area contributed by atoms with Gasteiger partial charge in [-0.3, -0.25) is 4.79 Å². The van der Waals surface area contributed by atoms with E-state index in [1.807, 2.05) is 26.8 Å². The first-order chi connectivity index (χ1) is 12.5. The number of aromatic amines is 1. The fourth-order valence-electron chi connectivity index (χ4n) is 2.71. The predicted octanol–water partition coefficient (Wildman–Crippen LogP) is 3.25. The number of carbonyl (C=O) groups is 1. The summed E-state index contributed by atoms with van der Waals surface area (Å²) < 4.78 is 0. The molecular weight excluding hydrogens is 352 g/mol. The Morgan fingerprint density at radius 2 is 2.15 bits per heavy atom. The number of nitrogens with zero attached hydrogens (tertiary/aromatic N) is 3. The number of hydrogen-bond donors (Lipinski definition) is 3. The Kier molecular flexibility index (Phi) is 5.37. The Morgan fingerprint density at radius 1 is 1.35 bits per heavy atom. The number of aromatic nitrogens is 4. The summed E-state index contributed by atoms with van der Waals surface area (Å²) in [5.41, 5.74) is 1.52. The number of amides is 1. The van der Waals surface area contributed by atoms with E-state index in [2.05, 4.69) is 30.6 Å². The smallest absolute Gasteiger partial charge is 0.242 e. The summed E-state index contributed by atoms with van der Waals surface area (Å²) in [7, 11) is 0. The SMILES string of the molecule is CCNC(=O)[C@H](Nc1ccnc(-c2c[nH]c3ncc(Cl)cc23)n1)C(C)C. The second kappa shape index (κ2) is 7.70. The van der Waals surface area contributed by atoms with Gasteiger partial charge in [0.05, 0.1) is 5.02 Å². The minimum Gasteiger partial charge on any atom is -0.358 e. The Bertz CT molecular complexity index is 923. The van der Waals surface area contributed by atoms with Crippen molar-refractivity contribution in [1.29, 1.82) is 0 Å². The van der Waals surface area contributed by atoms with Crippen LogP contribution in [-0.4, -0.2) is 38.4 Å². The molecule has 0 unspecified atom stereocenters. The molecule has 1 atom stereocenters. The van der Waals surface area contributed by atoms with Gasteiger partial charge in [0.1, 0.15) is 17.5 Å². The fraction of sp³-hybridized carbons (Fsp3) is 0.333. The molecule has 0 spiro atoms. The van der Waals surface area contributed by atoms with E-state index in [0.717, 1.165) is 10.9 Å². The third-order valence-electron chi connectivity index (χ3n) is 4.00. The fourth-order valence-corrected chi connectivity index (χ4v) is 2.87. The lowest BCUT2D eigenvalue weighted by Crippen LogP contribution is -2.43. The summed E-state index contributed by atoms with van der Waals surface area (Å²) >= 11 is 6.06. The quantitative estimate of drug-likeness (QED) is 0.617. The highest BCUT2D eigenvalue weighted by molar-refractivity contribution is 6.31. The first kappa shape index (κ1) is 18.1. The molecular formula is C18H21ClN6O. The molecule has 3 heterocycles. The third kappa shape index (κ3) is 3.77. The van der Waals surface area contributed by atoms with Crippen LogP contribution in [0.3, 0.4) is 0 Å². The maximum absolute atomic E-state index is 12.3. The van der Waals surface area contributed by atoms with Gasteiger partial charge in [0.25, 0.3) is 0 Å². The Hall–Kier alpha value is -2.67. The van der Waals surface area contributed by atoms with E-state index in [-0.39, 0.29) is 17.9 Å². The molecule has 8 heteroatoms. The van der Waals surface area contributed by atoms with E-state index >= 15 is 0 Å². The van der Waals surface area contributed by atoms with Gasteiger partial charge in [0.2, 0.25) is 5.91 Å². The largest absolute Gasteiger partial charge is 0.358 e.